The minimum Gasteiger partial charge on any atom is -0.355 e. The molecule has 0 aliphatic carbocycles. The average Bonchev–Trinajstić information content (AvgIpc) is 2.64. The minimum atomic E-state index is -0.226. The molecule has 3 aromatic rings. The number of hydrogen-bond acceptors (Lipinski definition) is 4. The summed E-state index contributed by atoms with van der Waals surface area (Å²) in [6.07, 6.45) is 3.33. The first-order chi connectivity index (χ1) is 12.1. The van der Waals surface area contributed by atoms with Gasteiger partial charge >= 0.3 is 0 Å². The summed E-state index contributed by atoms with van der Waals surface area (Å²) in [4.78, 5) is 20.7. The largest absolute Gasteiger partial charge is 0.355 e. The van der Waals surface area contributed by atoms with E-state index in [2.05, 4.69) is 46.6 Å². The molecule has 3 rings (SSSR count). The lowest BCUT2D eigenvalue weighted by atomic mass is 10.1. The van der Waals surface area contributed by atoms with Gasteiger partial charge in [-0.3, -0.25) is 14.8 Å². The van der Waals surface area contributed by atoms with Crippen molar-refractivity contribution < 1.29 is 4.79 Å². The van der Waals surface area contributed by atoms with Crippen LogP contribution < -0.4 is 10.6 Å². The molecule has 126 valence electrons. The van der Waals surface area contributed by atoms with Gasteiger partial charge in [0.2, 0.25) is 0 Å². The summed E-state index contributed by atoms with van der Waals surface area (Å²) in [6, 6.07) is 15.3. The van der Waals surface area contributed by atoms with E-state index in [1.807, 2.05) is 30.3 Å². The molecular formula is C20H20N4O. The normalized spacial score (nSPS) is 10.3. The highest BCUT2D eigenvalue weighted by molar-refractivity contribution is 5.93. The lowest BCUT2D eigenvalue weighted by Gasteiger charge is -2.13. The first kappa shape index (κ1) is 16.6. The zero-order chi connectivity index (χ0) is 17.6. The Morgan fingerprint density at radius 3 is 2.48 bits per heavy atom. The first-order valence-electron chi connectivity index (χ1n) is 8.11. The number of nitrogens with zero attached hydrogens (tertiary/aromatic N) is 2. The van der Waals surface area contributed by atoms with Crippen LogP contribution in [0.4, 0.5) is 11.4 Å². The van der Waals surface area contributed by atoms with Gasteiger partial charge in [0.15, 0.2) is 0 Å². The van der Waals surface area contributed by atoms with Crippen LogP contribution in [0.3, 0.4) is 0 Å². The third-order valence-corrected chi connectivity index (χ3v) is 3.90. The number of benzene rings is 1. The number of aromatic nitrogens is 2. The maximum Gasteiger partial charge on any atom is 0.270 e. The number of rotatable bonds is 5. The van der Waals surface area contributed by atoms with E-state index in [-0.39, 0.29) is 5.91 Å². The fourth-order valence-corrected chi connectivity index (χ4v) is 2.55. The highest BCUT2D eigenvalue weighted by Gasteiger charge is 2.09. The number of carbonyl (C=O) groups is 1. The van der Waals surface area contributed by atoms with E-state index in [9.17, 15) is 4.79 Å². The summed E-state index contributed by atoms with van der Waals surface area (Å²) in [7, 11) is 0. The molecule has 0 unspecified atom stereocenters. The molecule has 0 radical (unpaired) electrons. The van der Waals surface area contributed by atoms with Gasteiger partial charge in [0, 0.05) is 23.8 Å². The van der Waals surface area contributed by atoms with Crippen LogP contribution in [0.5, 0.6) is 0 Å². The van der Waals surface area contributed by atoms with Crippen LogP contribution >= 0.6 is 0 Å². The molecule has 0 aliphatic rings. The van der Waals surface area contributed by atoms with Crippen LogP contribution in [0.15, 0.2) is 60.9 Å². The molecule has 2 N–H and O–H groups in total. The Labute approximate surface area is 147 Å². The Kier molecular flexibility index (Phi) is 5.04. The van der Waals surface area contributed by atoms with Gasteiger partial charge in [-0.05, 0) is 49.2 Å². The fourth-order valence-electron chi connectivity index (χ4n) is 2.55. The van der Waals surface area contributed by atoms with Gasteiger partial charge in [0.05, 0.1) is 12.2 Å². The summed E-state index contributed by atoms with van der Waals surface area (Å²) in [5.74, 6) is -0.226. The monoisotopic (exact) mass is 332 g/mol. The topological polar surface area (TPSA) is 66.9 Å². The van der Waals surface area contributed by atoms with E-state index in [0.29, 0.717) is 12.2 Å². The number of pyridine rings is 2. The molecule has 5 nitrogen and oxygen atoms in total. The van der Waals surface area contributed by atoms with E-state index in [4.69, 9.17) is 0 Å². The SMILES string of the molecule is Cc1cccc(C)c1Nc1ccnc(C(=O)NCc2ccccn2)c1. The summed E-state index contributed by atoms with van der Waals surface area (Å²) >= 11 is 0. The molecule has 0 fully saturated rings. The van der Waals surface area contributed by atoms with Gasteiger partial charge in [-0.15, -0.1) is 0 Å². The van der Waals surface area contributed by atoms with Gasteiger partial charge in [-0.2, -0.15) is 0 Å². The molecule has 0 saturated heterocycles. The van der Waals surface area contributed by atoms with E-state index < -0.39 is 0 Å². The molecule has 0 atom stereocenters. The Morgan fingerprint density at radius 1 is 0.960 bits per heavy atom. The standard InChI is InChI=1S/C20H20N4O/c1-14-6-5-7-15(2)19(14)24-16-9-11-22-18(12-16)20(25)23-13-17-8-3-4-10-21-17/h3-12H,13H2,1-2H3,(H,22,24)(H,23,25). The lowest BCUT2D eigenvalue weighted by molar-refractivity contribution is 0.0945. The number of nitrogens with one attached hydrogen (secondary N) is 2. The zero-order valence-electron chi connectivity index (χ0n) is 14.3. The number of anilines is 2. The van der Waals surface area contributed by atoms with Gasteiger partial charge in [0.1, 0.15) is 5.69 Å². The molecule has 0 saturated carbocycles. The highest BCUT2D eigenvalue weighted by Crippen LogP contribution is 2.24. The first-order valence-corrected chi connectivity index (χ1v) is 8.11. The van der Waals surface area contributed by atoms with Gasteiger partial charge in [-0.1, -0.05) is 24.3 Å². The minimum absolute atomic E-state index is 0.226. The Bertz CT molecular complexity index is 858. The second kappa shape index (κ2) is 7.57. The van der Waals surface area contributed by atoms with Crippen molar-refractivity contribution in [2.45, 2.75) is 20.4 Å². The predicted molar refractivity (Wildman–Crippen MR) is 98.8 cm³/mol. The van der Waals surface area contributed by atoms with Crippen LogP contribution in [-0.2, 0) is 6.54 Å². The van der Waals surface area contributed by atoms with Crippen molar-refractivity contribution in [3.8, 4) is 0 Å². The van der Waals surface area contributed by atoms with Crippen molar-refractivity contribution in [1.29, 1.82) is 0 Å². The molecule has 1 amide bonds. The second-order valence-electron chi connectivity index (χ2n) is 5.83. The molecule has 25 heavy (non-hydrogen) atoms. The Balaban J connectivity index is 1.72. The number of para-hydroxylation sites is 1. The molecule has 2 heterocycles. The van der Waals surface area contributed by atoms with Crippen molar-refractivity contribution in [2.75, 3.05) is 5.32 Å². The summed E-state index contributed by atoms with van der Waals surface area (Å²) in [5, 5.41) is 6.21. The lowest BCUT2D eigenvalue weighted by Crippen LogP contribution is -2.24. The number of hydrogen-bond donors (Lipinski definition) is 2. The summed E-state index contributed by atoms with van der Waals surface area (Å²) < 4.78 is 0. The molecule has 0 aliphatic heterocycles. The van der Waals surface area contributed by atoms with Crippen LogP contribution in [0.25, 0.3) is 0 Å². The van der Waals surface area contributed by atoms with Gasteiger partial charge in [0.25, 0.3) is 5.91 Å². The van der Waals surface area contributed by atoms with E-state index >= 15 is 0 Å². The fraction of sp³-hybridized carbons (Fsp3) is 0.150. The summed E-state index contributed by atoms with van der Waals surface area (Å²) in [6.45, 7) is 4.48. The quantitative estimate of drug-likeness (QED) is 0.746. The van der Waals surface area contributed by atoms with E-state index in [0.717, 1.165) is 28.2 Å². The highest BCUT2D eigenvalue weighted by atomic mass is 16.1. The third-order valence-electron chi connectivity index (χ3n) is 3.90. The van der Waals surface area contributed by atoms with Crippen LogP contribution in [-0.4, -0.2) is 15.9 Å². The molecule has 0 spiro atoms. The molecular weight excluding hydrogens is 312 g/mol. The molecule has 2 aromatic heterocycles. The maximum absolute atomic E-state index is 12.3. The van der Waals surface area contributed by atoms with Crippen molar-refractivity contribution in [1.82, 2.24) is 15.3 Å². The van der Waals surface area contributed by atoms with E-state index in [1.165, 1.54) is 0 Å². The maximum atomic E-state index is 12.3. The van der Waals surface area contributed by atoms with Crippen molar-refractivity contribution in [2.24, 2.45) is 0 Å². The van der Waals surface area contributed by atoms with Gasteiger partial charge < -0.3 is 10.6 Å². The number of carbonyl (C=O) groups excluding carboxylic acids is 1. The zero-order valence-corrected chi connectivity index (χ0v) is 14.3. The number of aryl methyl sites for hydroxylation is 2. The smallest absolute Gasteiger partial charge is 0.270 e. The van der Waals surface area contributed by atoms with Crippen molar-refractivity contribution in [3.63, 3.8) is 0 Å². The molecule has 1 aromatic carbocycles. The predicted octanol–water partition coefficient (Wildman–Crippen LogP) is 3.77. The van der Waals surface area contributed by atoms with Gasteiger partial charge in [-0.25, -0.2) is 0 Å². The van der Waals surface area contributed by atoms with Crippen molar-refractivity contribution in [3.05, 3.63) is 83.4 Å². The molecule has 0 bridgehead atoms. The second-order valence-corrected chi connectivity index (χ2v) is 5.83. The molecule has 5 heteroatoms. The van der Waals surface area contributed by atoms with Crippen LogP contribution in [0.1, 0.15) is 27.3 Å². The Hall–Kier alpha value is -3.21. The van der Waals surface area contributed by atoms with E-state index in [1.54, 1.807) is 18.5 Å². The third kappa shape index (κ3) is 4.20. The van der Waals surface area contributed by atoms with Crippen LogP contribution in [0.2, 0.25) is 0 Å². The summed E-state index contributed by atoms with van der Waals surface area (Å²) in [5.41, 5.74) is 5.35. The van der Waals surface area contributed by atoms with Crippen LogP contribution in [0, 0.1) is 13.8 Å². The average molecular weight is 332 g/mol. The van der Waals surface area contributed by atoms with Crippen molar-refractivity contribution >= 4 is 17.3 Å². The Morgan fingerprint density at radius 2 is 1.76 bits per heavy atom. The number of amides is 1.